The minimum absolute atomic E-state index is 0.0319. The van der Waals surface area contributed by atoms with Crippen LogP contribution in [0.2, 0.25) is 0 Å². The molecule has 0 aromatic heterocycles. The molecule has 0 N–H and O–H groups in total. The van der Waals surface area contributed by atoms with Gasteiger partial charge in [0, 0.05) is 16.9 Å². The number of oxime groups is 1. The van der Waals surface area contributed by atoms with Gasteiger partial charge in [0.25, 0.3) is 0 Å². The minimum Gasteiger partial charge on any atom is -0.389 e. The van der Waals surface area contributed by atoms with Gasteiger partial charge in [-0.25, -0.2) is 0 Å². The lowest BCUT2D eigenvalue weighted by atomic mass is 9.92. The van der Waals surface area contributed by atoms with Crippen molar-refractivity contribution >= 4 is 17.5 Å². The van der Waals surface area contributed by atoms with Crippen LogP contribution in [0.15, 0.2) is 28.3 Å². The minimum atomic E-state index is 0.0319. The molecule has 1 aromatic carbocycles. The second kappa shape index (κ2) is 6.04. The Morgan fingerprint density at radius 1 is 1.29 bits per heavy atom. The summed E-state index contributed by atoms with van der Waals surface area (Å²) >= 11 is 1.93. The number of thioether (sulfide) groups is 1. The van der Waals surface area contributed by atoms with E-state index >= 15 is 0 Å². The quantitative estimate of drug-likeness (QED) is 0.698. The number of rotatable bonds is 4. The summed E-state index contributed by atoms with van der Waals surface area (Å²) in [5.74, 6) is 1.67. The van der Waals surface area contributed by atoms with Crippen LogP contribution in [0.3, 0.4) is 0 Å². The summed E-state index contributed by atoms with van der Waals surface area (Å²) in [5.41, 5.74) is 3.87. The molecule has 21 heavy (non-hydrogen) atoms. The van der Waals surface area contributed by atoms with E-state index in [1.54, 1.807) is 0 Å². The van der Waals surface area contributed by atoms with E-state index in [2.05, 4.69) is 44.1 Å². The van der Waals surface area contributed by atoms with Crippen LogP contribution in [0.1, 0.15) is 69.9 Å². The molecule has 1 aromatic rings. The van der Waals surface area contributed by atoms with E-state index in [0.29, 0.717) is 5.92 Å². The van der Waals surface area contributed by atoms with Crippen LogP contribution in [-0.4, -0.2) is 17.1 Å². The molecule has 1 aliphatic heterocycles. The highest BCUT2D eigenvalue weighted by Crippen LogP contribution is 2.41. The average molecular weight is 303 g/mol. The second-order valence-electron chi connectivity index (χ2n) is 6.54. The third-order valence-electron chi connectivity index (χ3n) is 4.62. The summed E-state index contributed by atoms with van der Waals surface area (Å²) in [6.45, 7) is 6.74. The lowest BCUT2D eigenvalue weighted by molar-refractivity contribution is -0.0126. The monoisotopic (exact) mass is 303 g/mol. The molecule has 2 nitrogen and oxygen atoms in total. The second-order valence-corrected chi connectivity index (χ2v) is 7.84. The van der Waals surface area contributed by atoms with Crippen molar-refractivity contribution < 1.29 is 4.84 Å². The van der Waals surface area contributed by atoms with Crippen molar-refractivity contribution in [3.8, 4) is 0 Å². The molecule has 0 amide bonds. The predicted molar refractivity (Wildman–Crippen MR) is 90.4 cm³/mol. The van der Waals surface area contributed by atoms with Crippen LogP contribution in [0, 0.1) is 0 Å². The zero-order chi connectivity index (χ0) is 14.9. The molecule has 0 saturated heterocycles. The Morgan fingerprint density at radius 2 is 2.05 bits per heavy atom. The SMILES string of the molecule is CCSc1cc(C2=NOC3(CCCC3)C2)ccc1C(C)C. The highest BCUT2D eigenvalue weighted by molar-refractivity contribution is 7.99. The first kappa shape index (κ1) is 15.0. The summed E-state index contributed by atoms with van der Waals surface area (Å²) in [5, 5.41) is 4.42. The molecular formula is C18H25NOS. The van der Waals surface area contributed by atoms with Crippen molar-refractivity contribution in [3.05, 3.63) is 29.3 Å². The number of benzene rings is 1. The Balaban J connectivity index is 1.84. The fourth-order valence-electron chi connectivity index (χ4n) is 3.44. The van der Waals surface area contributed by atoms with Crippen molar-refractivity contribution in [1.82, 2.24) is 0 Å². The van der Waals surface area contributed by atoms with Gasteiger partial charge in [0.15, 0.2) is 0 Å². The molecule has 1 aliphatic carbocycles. The summed E-state index contributed by atoms with van der Waals surface area (Å²) < 4.78 is 0. The number of hydrogen-bond acceptors (Lipinski definition) is 3. The average Bonchev–Trinajstić information content (AvgIpc) is 3.10. The normalized spacial score (nSPS) is 20.1. The van der Waals surface area contributed by atoms with Gasteiger partial charge in [-0.3, -0.25) is 0 Å². The van der Waals surface area contributed by atoms with E-state index in [0.717, 1.165) is 17.9 Å². The lowest BCUT2D eigenvalue weighted by Crippen LogP contribution is -2.24. The first-order chi connectivity index (χ1) is 10.1. The van der Waals surface area contributed by atoms with Gasteiger partial charge < -0.3 is 4.84 Å². The molecule has 2 aliphatic rings. The summed E-state index contributed by atoms with van der Waals surface area (Å²) in [6.07, 6.45) is 5.89. The molecule has 1 saturated carbocycles. The molecule has 0 radical (unpaired) electrons. The van der Waals surface area contributed by atoms with Crippen LogP contribution in [0.4, 0.5) is 0 Å². The molecular weight excluding hydrogens is 278 g/mol. The molecule has 114 valence electrons. The van der Waals surface area contributed by atoms with E-state index in [4.69, 9.17) is 4.84 Å². The van der Waals surface area contributed by atoms with Crippen molar-refractivity contribution in [1.29, 1.82) is 0 Å². The Kier molecular flexibility index (Phi) is 4.30. The molecule has 1 heterocycles. The van der Waals surface area contributed by atoms with E-state index in [1.807, 2.05) is 11.8 Å². The van der Waals surface area contributed by atoms with Gasteiger partial charge in [-0.1, -0.05) is 38.1 Å². The van der Waals surface area contributed by atoms with E-state index in [1.165, 1.54) is 41.7 Å². The van der Waals surface area contributed by atoms with Gasteiger partial charge >= 0.3 is 0 Å². The predicted octanol–water partition coefficient (Wildman–Crippen LogP) is 5.36. The van der Waals surface area contributed by atoms with E-state index in [9.17, 15) is 0 Å². The lowest BCUT2D eigenvalue weighted by Gasteiger charge is -2.19. The standard InChI is InChI=1S/C18H25NOS/c1-4-21-17-11-14(7-8-15(17)13(2)3)16-12-18(20-19-16)9-5-6-10-18/h7-8,11,13H,4-6,9-10,12H2,1-3H3. The van der Waals surface area contributed by atoms with Crippen molar-refractivity contribution in [2.75, 3.05) is 5.75 Å². The molecule has 1 fully saturated rings. The van der Waals surface area contributed by atoms with Gasteiger partial charge in [-0.05, 0) is 49.0 Å². The zero-order valence-corrected chi connectivity index (χ0v) is 14.1. The molecule has 3 heteroatoms. The largest absolute Gasteiger partial charge is 0.389 e. The smallest absolute Gasteiger partial charge is 0.143 e. The molecule has 0 atom stereocenters. The topological polar surface area (TPSA) is 21.6 Å². The summed E-state index contributed by atoms with van der Waals surface area (Å²) in [6, 6.07) is 6.82. The molecule has 0 bridgehead atoms. The van der Waals surface area contributed by atoms with Crippen LogP contribution in [0.25, 0.3) is 0 Å². The first-order valence-electron chi connectivity index (χ1n) is 8.16. The van der Waals surface area contributed by atoms with Crippen molar-refractivity contribution in [3.63, 3.8) is 0 Å². The maximum absolute atomic E-state index is 5.83. The van der Waals surface area contributed by atoms with Crippen LogP contribution in [0.5, 0.6) is 0 Å². The third kappa shape index (κ3) is 2.98. The Hall–Kier alpha value is -0.960. The van der Waals surface area contributed by atoms with Crippen LogP contribution >= 0.6 is 11.8 Å². The number of nitrogens with zero attached hydrogens (tertiary/aromatic N) is 1. The van der Waals surface area contributed by atoms with Crippen molar-refractivity contribution in [2.24, 2.45) is 5.16 Å². The summed E-state index contributed by atoms with van der Waals surface area (Å²) in [7, 11) is 0. The fourth-order valence-corrected chi connectivity index (χ4v) is 4.43. The Labute approximate surface area is 132 Å². The van der Waals surface area contributed by atoms with Crippen LogP contribution in [-0.2, 0) is 4.84 Å². The molecule has 1 spiro atoms. The van der Waals surface area contributed by atoms with Crippen molar-refractivity contribution in [2.45, 2.75) is 69.3 Å². The third-order valence-corrected chi connectivity index (χ3v) is 5.58. The first-order valence-corrected chi connectivity index (χ1v) is 9.14. The van der Waals surface area contributed by atoms with Gasteiger partial charge in [-0.15, -0.1) is 11.8 Å². The van der Waals surface area contributed by atoms with Gasteiger partial charge in [0.1, 0.15) is 5.60 Å². The molecule has 3 rings (SSSR count). The van der Waals surface area contributed by atoms with Gasteiger partial charge in [0.2, 0.25) is 0 Å². The Morgan fingerprint density at radius 3 is 2.71 bits per heavy atom. The van der Waals surface area contributed by atoms with Gasteiger partial charge in [0.05, 0.1) is 5.71 Å². The molecule has 0 unspecified atom stereocenters. The number of hydrogen-bond donors (Lipinski definition) is 0. The Bertz CT molecular complexity index is 544. The highest BCUT2D eigenvalue weighted by atomic mass is 32.2. The van der Waals surface area contributed by atoms with Gasteiger partial charge in [-0.2, -0.15) is 0 Å². The fraction of sp³-hybridized carbons (Fsp3) is 0.611. The maximum atomic E-state index is 5.83. The summed E-state index contributed by atoms with van der Waals surface area (Å²) in [4.78, 5) is 7.23. The van der Waals surface area contributed by atoms with E-state index in [-0.39, 0.29) is 5.60 Å². The highest BCUT2D eigenvalue weighted by Gasteiger charge is 2.41. The van der Waals surface area contributed by atoms with Crippen LogP contribution < -0.4 is 0 Å². The zero-order valence-electron chi connectivity index (χ0n) is 13.3. The van der Waals surface area contributed by atoms with E-state index < -0.39 is 0 Å². The maximum Gasteiger partial charge on any atom is 0.143 e.